The van der Waals surface area contributed by atoms with Gasteiger partial charge in [-0.05, 0) is 12.8 Å². The highest BCUT2D eigenvalue weighted by molar-refractivity contribution is 5.76. The summed E-state index contributed by atoms with van der Waals surface area (Å²) in [6, 6.07) is 0. The summed E-state index contributed by atoms with van der Waals surface area (Å²) in [5, 5.41) is 19.6. The minimum Gasteiger partial charge on any atom is -0.369 e. The van der Waals surface area contributed by atoms with E-state index in [1.807, 2.05) is 0 Å². The molecule has 0 rings (SSSR count). The summed E-state index contributed by atoms with van der Waals surface area (Å²) in [6.45, 7) is 2.16. The molecule has 88 valence electrons. The molecule has 0 aromatic heterocycles. The lowest BCUT2D eigenvalue weighted by molar-refractivity contribution is -0.969. The van der Waals surface area contributed by atoms with Crippen molar-refractivity contribution in [2.75, 3.05) is 0 Å². The highest BCUT2D eigenvalue weighted by atomic mass is 16.9. The molecule has 8 nitrogen and oxygen atoms in total. The molecule has 0 radical (unpaired) electrons. The first-order chi connectivity index (χ1) is 7.00. The lowest BCUT2D eigenvalue weighted by Crippen LogP contribution is -2.21. The monoisotopic (exact) mass is 220 g/mol. The number of nitrogens with zero attached hydrogens (tertiary/aromatic N) is 3. The van der Waals surface area contributed by atoms with Gasteiger partial charge in [0.25, 0.3) is 0 Å². The minimum atomic E-state index is -1.25. The summed E-state index contributed by atoms with van der Waals surface area (Å²) in [5.41, 5.74) is 10.1. The zero-order chi connectivity index (χ0) is 12.1. The van der Waals surface area contributed by atoms with Gasteiger partial charge in [0.1, 0.15) is 4.91 Å². The van der Waals surface area contributed by atoms with Gasteiger partial charge >= 0.3 is 5.09 Å². The van der Waals surface area contributed by atoms with Crippen LogP contribution < -0.4 is 11.5 Å². The van der Waals surface area contributed by atoms with Crippen molar-refractivity contribution < 1.29 is 15.5 Å². The van der Waals surface area contributed by atoms with Gasteiger partial charge in [-0.15, -0.1) is 5.10 Å². The summed E-state index contributed by atoms with van der Waals surface area (Å²) in [5.74, 6) is 0.0109. The average Bonchev–Trinajstić information content (AvgIpc) is 2.09. The van der Waals surface area contributed by atoms with Crippen LogP contribution in [-0.4, -0.2) is 27.7 Å². The van der Waals surface area contributed by atoms with Crippen LogP contribution in [0.1, 0.15) is 32.6 Å². The molecule has 0 amide bonds. The van der Waals surface area contributed by atoms with E-state index in [1.165, 1.54) is 12.8 Å². The molecular formula is C7H18N5O3+. The van der Waals surface area contributed by atoms with Crippen LogP contribution in [0.25, 0.3) is 0 Å². The number of nitrogens with two attached hydrogens (primary N) is 2. The first-order valence-corrected chi connectivity index (χ1v) is 4.46. The van der Waals surface area contributed by atoms with E-state index in [2.05, 4.69) is 17.1 Å². The summed E-state index contributed by atoms with van der Waals surface area (Å²) in [7, 11) is 0. The van der Waals surface area contributed by atoms with Gasteiger partial charge in [-0.2, -0.15) is 5.10 Å². The zero-order valence-electron chi connectivity index (χ0n) is 8.70. The third-order valence-corrected chi connectivity index (χ3v) is 1.19. The Morgan fingerprint density at radius 2 is 1.93 bits per heavy atom. The molecule has 8 heteroatoms. The Labute approximate surface area is 87.8 Å². The van der Waals surface area contributed by atoms with E-state index in [4.69, 9.17) is 26.8 Å². The molecule has 0 saturated carbocycles. The molecule has 0 aromatic carbocycles. The van der Waals surface area contributed by atoms with Gasteiger partial charge in [0.15, 0.2) is 0 Å². The molecule has 0 aliphatic heterocycles. The smallest absolute Gasteiger partial charge is 0.369 e. The summed E-state index contributed by atoms with van der Waals surface area (Å²) in [6.07, 6.45) is 6.28. The van der Waals surface area contributed by atoms with Crippen LogP contribution in [0.15, 0.2) is 10.2 Å². The number of hydrogen-bond acceptors (Lipinski definition) is 3. The topological polar surface area (TPSA) is 137 Å². The predicted molar refractivity (Wildman–Crippen MR) is 55.6 cm³/mol. The van der Waals surface area contributed by atoms with Crippen molar-refractivity contribution in [1.82, 2.24) is 0 Å². The van der Waals surface area contributed by atoms with Gasteiger partial charge in [0.2, 0.25) is 5.96 Å². The van der Waals surface area contributed by atoms with Crippen molar-refractivity contribution in [3.05, 3.63) is 4.91 Å². The quantitative estimate of drug-likeness (QED) is 0.229. The van der Waals surface area contributed by atoms with Crippen molar-refractivity contribution in [2.45, 2.75) is 32.6 Å². The van der Waals surface area contributed by atoms with E-state index in [0.29, 0.717) is 0 Å². The lowest BCUT2D eigenvalue weighted by atomic mass is 10.2. The summed E-state index contributed by atoms with van der Waals surface area (Å²) < 4.78 is 0. The van der Waals surface area contributed by atoms with Gasteiger partial charge in [-0.25, -0.2) is 10.4 Å². The molecule has 6 N–H and O–H groups in total. The van der Waals surface area contributed by atoms with E-state index >= 15 is 0 Å². The number of rotatable bonds is 5. The Morgan fingerprint density at radius 1 is 1.40 bits per heavy atom. The Hall–Kier alpha value is -1.86. The SMILES string of the molecule is CCCCC/C=N/N=C(N)N.O=[N+](O)O. The van der Waals surface area contributed by atoms with Crippen molar-refractivity contribution in [3.63, 3.8) is 0 Å². The van der Waals surface area contributed by atoms with Crippen LogP contribution >= 0.6 is 0 Å². The lowest BCUT2D eigenvalue weighted by Gasteiger charge is -1.89. The number of unbranched alkanes of at least 4 members (excludes halogenated alkanes) is 3. The summed E-state index contributed by atoms with van der Waals surface area (Å²) >= 11 is 0. The minimum absolute atomic E-state index is 0.0109. The van der Waals surface area contributed by atoms with E-state index in [1.54, 1.807) is 6.21 Å². The summed E-state index contributed by atoms with van der Waals surface area (Å²) in [4.78, 5) is 8.47. The largest absolute Gasteiger partial charge is 0.472 e. The van der Waals surface area contributed by atoms with Crippen LogP contribution in [0.4, 0.5) is 0 Å². The molecule has 0 atom stereocenters. The molecule has 0 aliphatic carbocycles. The van der Waals surface area contributed by atoms with Gasteiger partial charge in [-0.1, -0.05) is 19.8 Å². The van der Waals surface area contributed by atoms with Gasteiger partial charge in [0, 0.05) is 6.21 Å². The zero-order valence-corrected chi connectivity index (χ0v) is 8.70. The van der Waals surface area contributed by atoms with Crippen LogP contribution in [0, 0.1) is 4.91 Å². The molecule has 0 saturated heterocycles. The third-order valence-electron chi connectivity index (χ3n) is 1.19. The Kier molecular flexibility index (Phi) is 12.6. The molecule has 0 aliphatic rings. The Bertz CT molecular complexity index is 209. The van der Waals surface area contributed by atoms with E-state index in [9.17, 15) is 0 Å². The predicted octanol–water partition coefficient (Wildman–Crippen LogP) is 0.370. The van der Waals surface area contributed by atoms with Crippen LogP contribution in [0.2, 0.25) is 0 Å². The molecule has 0 bridgehead atoms. The maximum atomic E-state index is 8.47. The highest BCUT2D eigenvalue weighted by Gasteiger charge is 1.81. The highest BCUT2D eigenvalue weighted by Crippen LogP contribution is 1.95. The number of guanidine groups is 1. The molecule has 0 heterocycles. The second-order valence-corrected chi connectivity index (χ2v) is 2.57. The molecule has 0 unspecified atom stereocenters. The fraction of sp³-hybridized carbons (Fsp3) is 0.714. The molecular weight excluding hydrogens is 202 g/mol. The van der Waals surface area contributed by atoms with E-state index in [-0.39, 0.29) is 5.96 Å². The fourth-order valence-corrected chi connectivity index (χ4v) is 0.651. The van der Waals surface area contributed by atoms with Crippen LogP contribution in [0.5, 0.6) is 0 Å². The van der Waals surface area contributed by atoms with Crippen molar-refractivity contribution in [1.29, 1.82) is 0 Å². The second kappa shape index (κ2) is 12.1. The Morgan fingerprint density at radius 3 is 2.33 bits per heavy atom. The van der Waals surface area contributed by atoms with Crippen molar-refractivity contribution in [2.24, 2.45) is 21.7 Å². The van der Waals surface area contributed by atoms with Gasteiger partial charge in [0.05, 0.1) is 0 Å². The Balaban J connectivity index is 0. The first-order valence-electron chi connectivity index (χ1n) is 4.46. The third kappa shape index (κ3) is 33.1. The second-order valence-electron chi connectivity index (χ2n) is 2.57. The average molecular weight is 220 g/mol. The van der Waals surface area contributed by atoms with Crippen molar-refractivity contribution in [3.8, 4) is 0 Å². The molecule has 0 spiro atoms. The molecule has 0 fully saturated rings. The van der Waals surface area contributed by atoms with Crippen LogP contribution in [0.3, 0.4) is 0 Å². The standard InChI is InChI=1S/C7H16N4.H2NO3/c1-2-3-4-5-6-10-11-7(8)9;2-1(3)4/h6H,2-5H2,1H3,(H4,8,9,11);(H2,2,3,4)/q;+1/b10-6+;. The normalized spacial score (nSPS) is 9.13. The maximum Gasteiger partial charge on any atom is 0.472 e. The number of hydrogen-bond donors (Lipinski definition) is 4. The molecule has 0 aromatic rings. The van der Waals surface area contributed by atoms with Crippen molar-refractivity contribution >= 4 is 12.2 Å². The fourth-order valence-electron chi connectivity index (χ4n) is 0.651. The van der Waals surface area contributed by atoms with E-state index < -0.39 is 5.09 Å². The van der Waals surface area contributed by atoms with Gasteiger partial charge < -0.3 is 11.5 Å². The first kappa shape index (κ1) is 15.6. The molecule has 15 heavy (non-hydrogen) atoms. The van der Waals surface area contributed by atoms with Crippen LogP contribution in [-0.2, 0) is 0 Å². The van der Waals surface area contributed by atoms with Gasteiger partial charge in [-0.3, -0.25) is 0 Å². The maximum absolute atomic E-state index is 8.47. The van der Waals surface area contributed by atoms with E-state index in [0.717, 1.165) is 12.8 Å².